The number of carbonyl (C=O) groups is 2. The van der Waals surface area contributed by atoms with Gasteiger partial charge in [0.15, 0.2) is 6.61 Å². The second-order valence-electron chi connectivity index (χ2n) is 6.28. The Morgan fingerprint density at radius 2 is 1.91 bits per heavy atom. The van der Waals surface area contributed by atoms with Crippen molar-refractivity contribution in [2.75, 3.05) is 6.61 Å². The van der Waals surface area contributed by atoms with E-state index in [0.717, 1.165) is 22.8 Å². The summed E-state index contributed by atoms with van der Waals surface area (Å²) in [6.07, 6.45) is 0.868. The normalized spacial score (nSPS) is 20.8. The van der Waals surface area contributed by atoms with Crippen molar-refractivity contribution >= 4 is 22.6 Å². The first-order chi connectivity index (χ1) is 11.1. The molecule has 0 bridgehead atoms. The van der Waals surface area contributed by atoms with E-state index in [0.29, 0.717) is 5.92 Å². The molecule has 1 fully saturated rings. The zero-order valence-corrected chi connectivity index (χ0v) is 13.4. The molecular formula is C19H21NO3. The second kappa shape index (κ2) is 6.41. The lowest BCUT2D eigenvalue weighted by atomic mass is 10.00. The van der Waals surface area contributed by atoms with Crippen LogP contribution in [0.4, 0.5) is 0 Å². The number of esters is 1. The highest BCUT2D eigenvalue weighted by atomic mass is 16.5. The molecule has 3 rings (SSSR count). The molecule has 0 saturated heterocycles. The Labute approximate surface area is 135 Å². The van der Waals surface area contributed by atoms with Crippen LogP contribution in [0.1, 0.15) is 31.9 Å². The Bertz CT molecular complexity index is 735. The summed E-state index contributed by atoms with van der Waals surface area (Å²) in [5, 5.41) is 5.15. The highest BCUT2D eigenvalue weighted by Crippen LogP contribution is 2.38. The molecule has 1 amide bonds. The van der Waals surface area contributed by atoms with E-state index in [1.165, 1.54) is 0 Å². The van der Waals surface area contributed by atoms with E-state index < -0.39 is 0 Å². The Kier molecular flexibility index (Phi) is 4.33. The van der Waals surface area contributed by atoms with E-state index >= 15 is 0 Å². The van der Waals surface area contributed by atoms with Crippen molar-refractivity contribution in [2.45, 2.75) is 26.3 Å². The number of benzene rings is 2. The Hall–Kier alpha value is -2.36. The predicted octanol–water partition coefficient (Wildman–Crippen LogP) is 3.22. The second-order valence-corrected chi connectivity index (χ2v) is 6.28. The molecule has 1 aliphatic rings. The number of hydrogen-bond acceptors (Lipinski definition) is 3. The van der Waals surface area contributed by atoms with Crippen molar-refractivity contribution in [3.8, 4) is 0 Å². The predicted molar refractivity (Wildman–Crippen MR) is 88.7 cm³/mol. The van der Waals surface area contributed by atoms with E-state index in [1.54, 1.807) is 0 Å². The molecule has 23 heavy (non-hydrogen) atoms. The van der Waals surface area contributed by atoms with Crippen LogP contribution >= 0.6 is 0 Å². The van der Waals surface area contributed by atoms with Gasteiger partial charge in [0.2, 0.25) is 0 Å². The number of ether oxygens (including phenoxy) is 1. The fourth-order valence-electron chi connectivity index (χ4n) is 2.88. The maximum atomic E-state index is 12.0. The summed E-state index contributed by atoms with van der Waals surface area (Å²) in [5.41, 5.74) is 1.05. The van der Waals surface area contributed by atoms with Crippen LogP contribution in [0.25, 0.3) is 10.8 Å². The third kappa shape index (κ3) is 3.52. The number of rotatable bonds is 5. The van der Waals surface area contributed by atoms with Crippen LogP contribution in [0, 0.1) is 11.8 Å². The van der Waals surface area contributed by atoms with Gasteiger partial charge in [0, 0.05) is 0 Å². The number of fused-ring (bicyclic) bond motifs is 1. The average molecular weight is 311 g/mol. The van der Waals surface area contributed by atoms with Gasteiger partial charge < -0.3 is 10.1 Å². The van der Waals surface area contributed by atoms with Crippen LogP contribution in [0.2, 0.25) is 0 Å². The first-order valence-electron chi connectivity index (χ1n) is 8.00. The molecule has 0 spiro atoms. The smallest absolute Gasteiger partial charge is 0.309 e. The molecule has 3 atom stereocenters. The number of carbonyl (C=O) groups excluding carboxylic acids is 2. The van der Waals surface area contributed by atoms with Gasteiger partial charge in [-0.3, -0.25) is 9.59 Å². The van der Waals surface area contributed by atoms with Gasteiger partial charge in [-0.25, -0.2) is 0 Å². The summed E-state index contributed by atoms with van der Waals surface area (Å²) in [7, 11) is 0. The lowest BCUT2D eigenvalue weighted by Crippen LogP contribution is -2.31. The molecule has 0 aliphatic heterocycles. The topological polar surface area (TPSA) is 55.4 Å². The van der Waals surface area contributed by atoms with Crippen molar-refractivity contribution in [1.82, 2.24) is 5.32 Å². The number of hydrogen-bond donors (Lipinski definition) is 1. The Morgan fingerprint density at radius 1 is 1.22 bits per heavy atom. The van der Waals surface area contributed by atoms with Crippen LogP contribution in [0.3, 0.4) is 0 Å². The summed E-state index contributed by atoms with van der Waals surface area (Å²) in [6.45, 7) is 3.73. The van der Waals surface area contributed by atoms with Gasteiger partial charge in [-0.2, -0.15) is 0 Å². The molecule has 0 heterocycles. The molecule has 4 nitrogen and oxygen atoms in total. The van der Waals surface area contributed by atoms with E-state index in [-0.39, 0.29) is 30.4 Å². The molecule has 120 valence electrons. The molecule has 0 unspecified atom stereocenters. The number of amides is 1. The van der Waals surface area contributed by atoms with Gasteiger partial charge >= 0.3 is 5.97 Å². The van der Waals surface area contributed by atoms with Gasteiger partial charge in [0.1, 0.15) is 0 Å². The van der Waals surface area contributed by atoms with Crippen molar-refractivity contribution in [1.29, 1.82) is 0 Å². The molecule has 1 saturated carbocycles. The van der Waals surface area contributed by atoms with E-state index in [9.17, 15) is 9.59 Å². The van der Waals surface area contributed by atoms with Crippen LogP contribution < -0.4 is 5.32 Å². The summed E-state index contributed by atoms with van der Waals surface area (Å²) in [5.74, 6) is -0.156. The molecule has 1 N–H and O–H groups in total. The summed E-state index contributed by atoms with van der Waals surface area (Å²) < 4.78 is 5.07. The fourth-order valence-corrected chi connectivity index (χ4v) is 2.88. The highest BCUT2D eigenvalue weighted by Gasteiger charge is 2.40. The van der Waals surface area contributed by atoms with Crippen LogP contribution in [-0.2, 0) is 14.3 Å². The Morgan fingerprint density at radius 3 is 2.65 bits per heavy atom. The number of nitrogens with one attached hydrogen (secondary N) is 1. The highest BCUT2D eigenvalue weighted by molar-refractivity contribution is 5.87. The molecule has 0 radical (unpaired) electrons. The molecule has 2 aromatic rings. The van der Waals surface area contributed by atoms with E-state index in [4.69, 9.17) is 4.74 Å². The standard InChI is InChI=1S/C19H21NO3/c1-12-10-17(12)19(22)23-11-18(21)20-13(2)15-9-5-7-14-6-3-4-8-16(14)15/h3-9,12-13,17H,10-11H2,1-2H3,(H,20,21)/t12-,13-,17-/m0/s1. The maximum absolute atomic E-state index is 12.0. The lowest BCUT2D eigenvalue weighted by molar-refractivity contribution is -0.150. The van der Waals surface area contributed by atoms with Crippen molar-refractivity contribution < 1.29 is 14.3 Å². The monoisotopic (exact) mass is 311 g/mol. The van der Waals surface area contributed by atoms with Crippen molar-refractivity contribution in [3.63, 3.8) is 0 Å². The minimum Gasteiger partial charge on any atom is -0.455 e. The molecular weight excluding hydrogens is 290 g/mol. The van der Waals surface area contributed by atoms with Gasteiger partial charge in [-0.15, -0.1) is 0 Å². The maximum Gasteiger partial charge on any atom is 0.309 e. The summed E-state index contributed by atoms with van der Waals surface area (Å²) in [4.78, 5) is 23.7. The van der Waals surface area contributed by atoms with Gasteiger partial charge in [0.25, 0.3) is 5.91 Å². The zero-order chi connectivity index (χ0) is 16.4. The van der Waals surface area contributed by atoms with Crippen LogP contribution in [0.5, 0.6) is 0 Å². The van der Waals surface area contributed by atoms with Gasteiger partial charge in [-0.1, -0.05) is 49.4 Å². The third-order valence-corrected chi connectivity index (χ3v) is 4.43. The minimum atomic E-state index is -0.271. The largest absolute Gasteiger partial charge is 0.455 e. The minimum absolute atomic E-state index is 0.0155. The van der Waals surface area contributed by atoms with Crippen LogP contribution in [-0.4, -0.2) is 18.5 Å². The summed E-state index contributed by atoms with van der Waals surface area (Å²) >= 11 is 0. The first-order valence-corrected chi connectivity index (χ1v) is 8.00. The molecule has 2 aromatic carbocycles. The first kappa shape index (κ1) is 15.5. The SMILES string of the molecule is C[C@H](NC(=O)COC(=O)[C@H]1C[C@@H]1C)c1cccc2ccccc12. The summed E-state index contributed by atoms with van der Waals surface area (Å²) in [6, 6.07) is 14.0. The van der Waals surface area contributed by atoms with Crippen molar-refractivity contribution in [3.05, 3.63) is 48.0 Å². The van der Waals surface area contributed by atoms with E-state index in [1.807, 2.05) is 56.3 Å². The molecule has 1 aliphatic carbocycles. The average Bonchev–Trinajstić information content (AvgIpc) is 3.29. The quantitative estimate of drug-likeness (QED) is 0.863. The zero-order valence-electron chi connectivity index (χ0n) is 13.4. The van der Waals surface area contributed by atoms with E-state index in [2.05, 4.69) is 5.32 Å². The Balaban J connectivity index is 1.60. The third-order valence-electron chi connectivity index (χ3n) is 4.43. The molecule has 0 aromatic heterocycles. The van der Waals surface area contributed by atoms with Crippen molar-refractivity contribution in [2.24, 2.45) is 11.8 Å². The molecule has 4 heteroatoms. The van der Waals surface area contributed by atoms with Gasteiger partial charge in [-0.05, 0) is 35.6 Å². The fraction of sp³-hybridized carbons (Fsp3) is 0.368. The van der Waals surface area contributed by atoms with Crippen LogP contribution in [0.15, 0.2) is 42.5 Å². The lowest BCUT2D eigenvalue weighted by Gasteiger charge is -2.16. The van der Waals surface area contributed by atoms with Gasteiger partial charge in [0.05, 0.1) is 12.0 Å².